The van der Waals surface area contributed by atoms with Crippen molar-refractivity contribution in [3.63, 3.8) is 0 Å². The van der Waals surface area contributed by atoms with E-state index in [1.165, 1.54) is 6.33 Å². The van der Waals surface area contributed by atoms with Crippen molar-refractivity contribution in [2.75, 3.05) is 31.2 Å². The standard InChI is InChI=1S/C21H20N4O2/c26-21(18-4-8-19(9-5-18)24-11-13-27-14-12-24)10-3-17-1-6-20(7-2-17)25-16-22-15-23-25/h1-10,15-16H,11-14H2. The van der Waals surface area contributed by atoms with Gasteiger partial charge in [-0.1, -0.05) is 18.2 Å². The van der Waals surface area contributed by atoms with E-state index in [0.29, 0.717) is 5.56 Å². The smallest absolute Gasteiger partial charge is 0.185 e. The SMILES string of the molecule is O=C(C=Cc1ccc(-n2cncn2)cc1)c1ccc(N2CCOCC2)cc1. The highest BCUT2D eigenvalue weighted by Crippen LogP contribution is 2.17. The van der Waals surface area contributed by atoms with E-state index in [1.54, 1.807) is 17.1 Å². The van der Waals surface area contributed by atoms with Gasteiger partial charge in [0.05, 0.1) is 18.9 Å². The number of hydrogen-bond donors (Lipinski definition) is 0. The van der Waals surface area contributed by atoms with Crippen LogP contribution in [0.4, 0.5) is 5.69 Å². The molecule has 3 aromatic rings. The molecule has 2 heterocycles. The van der Waals surface area contributed by atoms with E-state index in [4.69, 9.17) is 4.74 Å². The minimum Gasteiger partial charge on any atom is -0.378 e. The third-order valence-corrected chi connectivity index (χ3v) is 4.53. The van der Waals surface area contributed by atoms with Gasteiger partial charge in [0.2, 0.25) is 0 Å². The molecule has 1 fully saturated rings. The number of nitrogens with zero attached hydrogens (tertiary/aromatic N) is 4. The molecule has 0 atom stereocenters. The molecular weight excluding hydrogens is 340 g/mol. The Morgan fingerprint density at radius 2 is 1.67 bits per heavy atom. The van der Waals surface area contributed by atoms with Crippen molar-refractivity contribution < 1.29 is 9.53 Å². The Morgan fingerprint density at radius 3 is 2.33 bits per heavy atom. The maximum Gasteiger partial charge on any atom is 0.185 e. The van der Waals surface area contributed by atoms with Crippen LogP contribution < -0.4 is 4.90 Å². The predicted molar refractivity (Wildman–Crippen MR) is 104 cm³/mol. The lowest BCUT2D eigenvalue weighted by Gasteiger charge is -2.28. The number of anilines is 1. The molecule has 0 amide bonds. The van der Waals surface area contributed by atoms with Gasteiger partial charge in [0, 0.05) is 24.3 Å². The van der Waals surface area contributed by atoms with E-state index in [0.717, 1.165) is 43.2 Å². The third kappa shape index (κ3) is 4.12. The Kier molecular flexibility index (Phi) is 5.07. The molecule has 0 radical (unpaired) electrons. The number of ether oxygens (including phenoxy) is 1. The summed E-state index contributed by atoms with van der Waals surface area (Å²) in [5.74, 6) is -0.0103. The molecule has 136 valence electrons. The summed E-state index contributed by atoms with van der Waals surface area (Å²) in [5.41, 5.74) is 3.69. The molecule has 2 aromatic carbocycles. The van der Waals surface area contributed by atoms with Crippen LogP contribution in [-0.4, -0.2) is 46.9 Å². The van der Waals surface area contributed by atoms with Gasteiger partial charge < -0.3 is 9.64 Å². The van der Waals surface area contributed by atoms with Gasteiger partial charge in [0.25, 0.3) is 0 Å². The van der Waals surface area contributed by atoms with Crippen LogP contribution in [0.25, 0.3) is 11.8 Å². The van der Waals surface area contributed by atoms with Crippen molar-refractivity contribution in [2.24, 2.45) is 0 Å². The quantitative estimate of drug-likeness (QED) is 0.517. The van der Waals surface area contributed by atoms with E-state index in [-0.39, 0.29) is 5.78 Å². The average molecular weight is 360 g/mol. The van der Waals surface area contributed by atoms with Gasteiger partial charge in [0.1, 0.15) is 12.7 Å². The lowest BCUT2D eigenvalue weighted by molar-refractivity contribution is 0.104. The first-order valence-electron chi connectivity index (χ1n) is 8.90. The number of carbonyl (C=O) groups excluding carboxylic acids is 1. The monoisotopic (exact) mass is 360 g/mol. The normalized spacial score (nSPS) is 14.6. The topological polar surface area (TPSA) is 60.2 Å². The van der Waals surface area contributed by atoms with E-state index >= 15 is 0 Å². The van der Waals surface area contributed by atoms with Crippen molar-refractivity contribution in [3.8, 4) is 5.69 Å². The van der Waals surface area contributed by atoms with Gasteiger partial charge in [-0.3, -0.25) is 4.79 Å². The van der Waals surface area contributed by atoms with Crippen LogP contribution in [0.3, 0.4) is 0 Å². The first-order chi connectivity index (χ1) is 13.3. The second kappa shape index (κ2) is 7.97. The summed E-state index contributed by atoms with van der Waals surface area (Å²) in [7, 11) is 0. The average Bonchev–Trinajstić information content (AvgIpc) is 3.28. The minimum absolute atomic E-state index is 0.0103. The molecule has 1 saturated heterocycles. The summed E-state index contributed by atoms with van der Waals surface area (Å²) in [6.07, 6.45) is 6.57. The zero-order valence-corrected chi connectivity index (χ0v) is 14.9. The van der Waals surface area contributed by atoms with E-state index < -0.39 is 0 Å². The highest BCUT2D eigenvalue weighted by atomic mass is 16.5. The minimum atomic E-state index is -0.0103. The van der Waals surface area contributed by atoms with Gasteiger partial charge in [-0.2, -0.15) is 5.10 Å². The number of hydrogen-bond acceptors (Lipinski definition) is 5. The van der Waals surface area contributed by atoms with Crippen molar-refractivity contribution in [1.29, 1.82) is 0 Å². The molecule has 0 spiro atoms. The van der Waals surface area contributed by atoms with Crippen LogP contribution in [0.5, 0.6) is 0 Å². The highest BCUT2D eigenvalue weighted by Gasteiger charge is 2.11. The number of carbonyl (C=O) groups is 1. The van der Waals surface area contributed by atoms with Crippen LogP contribution >= 0.6 is 0 Å². The molecule has 6 heteroatoms. The molecule has 4 rings (SSSR count). The molecule has 1 aliphatic rings. The zero-order chi connectivity index (χ0) is 18.5. The Hall–Kier alpha value is -3.25. The Bertz CT molecular complexity index is 910. The van der Waals surface area contributed by atoms with Crippen molar-refractivity contribution >= 4 is 17.5 Å². The summed E-state index contributed by atoms with van der Waals surface area (Å²) >= 11 is 0. The number of benzene rings is 2. The fourth-order valence-corrected chi connectivity index (χ4v) is 3.01. The molecule has 1 aliphatic heterocycles. The first-order valence-corrected chi connectivity index (χ1v) is 8.90. The van der Waals surface area contributed by atoms with E-state index in [2.05, 4.69) is 15.0 Å². The van der Waals surface area contributed by atoms with Crippen molar-refractivity contribution in [2.45, 2.75) is 0 Å². The lowest BCUT2D eigenvalue weighted by Crippen LogP contribution is -2.36. The second-order valence-electron chi connectivity index (χ2n) is 6.28. The molecule has 0 bridgehead atoms. The fourth-order valence-electron chi connectivity index (χ4n) is 3.01. The van der Waals surface area contributed by atoms with Crippen molar-refractivity contribution in [3.05, 3.63) is 78.4 Å². The number of ketones is 1. The zero-order valence-electron chi connectivity index (χ0n) is 14.9. The van der Waals surface area contributed by atoms with Crippen LogP contribution in [0.2, 0.25) is 0 Å². The van der Waals surface area contributed by atoms with Gasteiger partial charge >= 0.3 is 0 Å². The number of morpholine rings is 1. The first kappa shape index (κ1) is 17.2. The molecule has 0 aliphatic carbocycles. The van der Waals surface area contributed by atoms with Crippen LogP contribution in [0, 0.1) is 0 Å². The van der Waals surface area contributed by atoms with Crippen LogP contribution in [0.15, 0.2) is 67.3 Å². The molecule has 27 heavy (non-hydrogen) atoms. The summed E-state index contributed by atoms with van der Waals surface area (Å²) < 4.78 is 7.06. The summed E-state index contributed by atoms with van der Waals surface area (Å²) in [6.45, 7) is 3.27. The number of rotatable bonds is 5. The summed E-state index contributed by atoms with van der Waals surface area (Å²) in [4.78, 5) is 18.6. The van der Waals surface area contributed by atoms with Gasteiger partial charge in [-0.15, -0.1) is 0 Å². The van der Waals surface area contributed by atoms with E-state index in [9.17, 15) is 4.79 Å². The lowest BCUT2D eigenvalue weighted by atomic mass is 10.1. The molecule has 1 aromatic heterocycles. The fraction of sp³-hybridized carbons (Fsp3) is 0.190. The molecule has 0 unspecified atom stereocenters. The largest absolute Gasteiger partial charge is 0.378 e. The third-order valence-electron chi connectivity index (χ3n) is 4.53. The molecule has 6 nitrogen and oxygen atoms in total. The highest BCUT2D eigenvalue weighted by molar-refractivity contribution is 6.07. The van der Waals surface area contributed by atoms with Crippen LogP contribution in [-0.2, 0) is 4.74 Å². The van der Waals surface area contributed by atoms with Crippen molar-refractivity contribution in [1.82, 2.24) is 14.8 Å². The molecule has 0 saturated carbocycles. The Labute approximate surface area is 157 Å². The maximum atomic E-state index is 12.4. The maximum absolute atomic E-state index is 12.4. The predicted octanol–water partition coefficient (Wildman–Crippen LogP) is 3.00. The summed E-state index contributed by atoms with van der Waals surface area (Å²) in [5, 5.41) is 4.09. The van der Waals surface area contributed by atoms with E-state index in [1.807, 2.05) is 54.6 Å². The number of aromatic nitrogens is 3. The van der Waals surface area contributed by atoms with Gasteiger partial charge in [-0.05, 0) is 48.0 Å². The Balaban J connectivity index is 1.40. The Morgan fingerprint density at radius 1 is 0.963 bits per heavy atom. The second-order valence-corrected chi connectivity index (χ2v) is 6.28. The molecule has 0 N–H and O–H groups in total. The van der Waals surface area contributed by atoms with Gasteiger partial charge in [0.15, 0.2) is 5.78 Å². The number of allylic oxidation sites excluding steroid dienone is 1. The van der Waals surface area contributed by atoms with Crippen LogP contribution in [0.1, 0.15) is 15.9 Å². The summed E-state index contributed by atoms with van der Waals surface area (Å²) in [6, 6.07) is 15.5. The van der Waals surface area contributed by atoms with Gasteiger partial charge in [-0.25, -0.2) is 9.67 Å². The molecular formula is C21H20N4O2.